The normalized spacial score (nSPS) is 20.6. The lowest BCUT2D eigenvalue weighted by molar-refractivity contribution is -0.213. The number of amides is 1. The van der Waals surface area contributed by atoms with Crippen LogP contribution in [0, 0.1) is 5.41 Å². The van der Waals surface area contributed by atoms with Crippen LogP contribution < -0.4 is 0 Å². The lowest BCUT2D eigenvalue weighted by Crippen LogP contribution is -2.49. The minimum absolute atomic E-state index is 0.134. The van der Waals surface area contributed by atoms with Gasteiger partial charge in [-0.3, -0.25) is 4.84 Å². The van der Waals surface area contributed by atoms with Crippen molar-refractivity contribution in [2.24, 2.45) is 0 Å². The molecule has 1 N–H and O–H groups in total. The summed E-state index contributed by atoms with van der Waals surface area (Å²) < 4.78 is 9.42. The van der Waals surface area contributed by atoms with E-state index in [2.05, 4.69) is 4.74 Å². The van der Waals surface area contributed by atoms with Crippen molar-refractivity contribution in [3.63, 3.8) is 0 Å². The van der Waals surface area contributed by atoms with Gasteiger partial charge in [-0.2, -0.15) is 0 Å². The van der Waals surface area contributed by atoms with E-state index in [4.69, 9.17) is 15.0 Å². The van der Waals surface area contributed by atoms with Crippen LogP contribution in [0.5, 0.6) is 0 Å². The molecule has 0 saturated carbocycles. The standard InChI is InChI=1S/C7H13N3O4/c1-5-4-14-6(8)9(5)10(13-3)7(11)12-2/h5,8H,4H2,1-3H3. The molecule has 0 aromatic heterocycles. The Morgan fingerprint density at radius 1 is 1.71 bits per heavy atom. The van der Waals surface area contributed by atoms with Crippen molar-refractivity contribution in [1.82, 2.24) is 10.2 Å². The molecule has 0 aromatic carbocycles. The summed E-state index contributed by atoms with van der Waals surface area (Å²) >= 11 is 0. The maximum atomic E-state index is 11.2. The van der Waals surface area contributed by atoms with Gasteiger partial charge in [-0.05, 0) is 6.92 Å². The molecular formula is C7H13N3O4. The zero-order chi connectivity index (χ0) is 10.7. The number of rotatable bonds is 2. The Bertz CT molecular complexity index is 245. The fourth-order valence-electron chi connectivity index (χ4n) is 1.13. The number of hydrazine groups is 1. The second kappa shape index (κ2) is 4.14. The lowest BCUT2D eigenvalue weighted by Gasteiger charge is -2.29. The van der Waals surface area contributed by atoms with Gasteiger partial charge in [0, 0.05) is 0 Å². The smallest absolute Gasteiger partial charge is 0.454 e. The van der Waals surface area contributed by atoms with Gasteiger partial charge in [0.1, 0.15) is 6.61 Å². The van der Waals surface area contributed by atoms with Crippen molar-refractivity contribution < 1.29 is 19.1 Å². The van der Waals surface area contributed by atoms with E-state index in [-0.39, 0.29) is 12.1 Å². The molecule has 1 unspecified atom stereocenters. The van der Waals surface area contributed by atoms with Crippen LogP contribution in [-0.2, 0) is 14.3 Å². The number of carbonyl (C=O) groups is 1. The number of hydrogen-bond acceptors (Lipinski definition) is 5. The first-order valence-electron chi connectivity index (χ1n) is 4.04. The van der Waals surface area contributed by atoms with E-state index in [0.717, 1.165) is 5.17 Å². The Labute approximate surface area is 81.6 Å². The van der Waals surface area contributed by atoms with Gasteiger partial charge in [-0.25, -0.2) is 15.2 Å². The summed E-state index contributed by atoms with van der Waals surface area (Å²) in [6.45, 7) is 2.15. The van der Waals surface area contributed by atoms with Crippen LogP contribution in [0.25, 0.3) is 0 Å². The van der Waals surface area contributed by atoms with Crippen LogP contribution in [0.4, 0.5) is 4.79 Å². The van der Waals surface area contributed by atoms with Gasteiger partial charge in [0.05, 0.1) is 20.3 Å². The largest absolute Gasteiger partial charge is 0.462 e. The molecule has 0 bridgehead atoms. The molecular weight excluding hydrogens is 190 g/mol. The number of carbonyl (C=O) groups excluding carboxylic acids is 1. The SMILES string of the molecule is COC(=O)N(OC)N1C(=N)OCC1C. The number of nitrogens with zero attached hydrogens (tertiary/aromatic N) is 2. The van der Waals surface area contributed by atoms with Crippen molar-refractivity contribution in [2.75, 3.05) is 20.8 Å². The molecule has 0 spiro atoms. The molecule has 1 saturated heterocycles. The molecule has 1 rings (SSSR count). The third-order valence-corrected chi connectivity index (χ3v) is 1.79. The summed E-state index contributed by atoms with van der Waals surface area (Å²) in [7, 11) is 2.55. The highest BCUT2D eigenvalue weighted by molar-refractivity contribution is 5.76. The summed E-state index contributed by atoms with van der Waals surface area (Å²) in [6.07, 6.45) is -0.699. The number of ether oxygens (including phenoxy) is 2. The number of nitrogens with one attached hydrogen (secondary N) is 1. The molecule has 14 heavy (non-hydrogen) atoms. The quantitative estimate of drug-likeness (QED) is 0.648. The Balaban J connectivity index is 2.77. The Hall–Kier alpha value is -1.50. The summed E-state index contributed by atoms with van der Waals surface area (Å²) in [6, 6.07) is -0.272. The van der Waals surface area contributed by atoms with Crippen molar-refractivity contribution in [1.29, 1.82) is 5.41 Å². The predicted octanol–water partition coefficient (Wildman–Crippen LogP) is 0.187. The fraction of sp³-hybridized carbons (Fsp3) is 0.714. The molecule has 0 radical (unpaired) electrons. The van der Waals surface area contributed by atoms with E-state index >= 15 is 0 Å². The van der Waals surface area contributed by atoms with Crippen molar-refractivity contribution >= 4 is 12.1 Å². The van der Waals surface area contributed by atoms with Gasteiger partial charge >= 0.3 is 12.1 Å². The second-order valence-corrected chi connectivity index (χ2v) is 2.74. The van der Waals surface area contributed by atoms with Crippen LogP contribution in [0.2, 0.25) is 0 Å². The highest BCUT2D eigenvalue weighted by Crippen LogP contribution is 2.15. The monoisotopic (exact) mass is 203 g/mol. The van der Waals surface area contributed by atoms with E-state index in [1.807, 2.05) is 0 Å². The molecule has 7 nitrogen and oxygen atoms in total. The summed E-state index contributed by atoms with van der Waals surface area (Å²) in [5, 5.41) is 9.53. The topological polar surface area (TPSA) is 75.1 Å². The maximum Gasteiger partial charge on any atom is 0.454 e. The van der Waals surface area contributed by atoms with Crippen molar-refractivity contribution in [2.45, 2.75) is 13.0 Å². The molecule has 1 amide bonds. The zero-order valence-electron chi connectivity index (χ0n) is 8.31. The third kappa shape index (κ3) is 1.72. The zero-order valence-corrected chi connectivity index (χ0v) is 8.31. The van der Waals surface area contributed by atoms with Gasteiger partial charge in [-0.15, -0.1) is 0 Å². The Kier molecular flexibility index (Phi) is 3.13. The molecule has 80 valence electrons. The average molecular weight is 203 g/mol. The minimum atomic E-state index is -0.699. The van der Waals surface area contributed by atoms with Crippen LogP contribution in [0.3, 0.4) is 0 Å². The van der Waals surface area contributed by atoms with Crippen LogP contribution >= 0.6 is 0 Å². The van der Waals surface area contributed by atoms with Crippen LogP contribution in [0.15, 0.2) is 0 Å². The molecule has 1 heterocycles. The average Bonchev–Trinajstić information content (AvgIpc) is 2.50. The third-order valence-electron chi connectivity index (χ3n) is 1.79. The van der Waals surface area contributed by atoms with Gasteiger partial charge in [0.15, 0.2) is 0 Å². The number of hydroxylamine groups is 1. The van der Waals surface area contributed by atoms with Gasteiger partial charge in [0.2, 0.25) is 0 Å². The van der Waals surface area contributed by atoms with Gasteiger partial charge in [0.25, 0.3) is 0 Å². The summed E-state index contributed by atoms with van der Waals surface area (Å²) in [5.74, 6) is 0. The van der Waals surface area contributed by atoms with E-state index in [0.29, 0.717) is 6.61 Å². The number of amidine groups is 1. The maximum absolute atomic E-state index is 11.2. The van der Waals surface area contributed by atoms with E-state index in [1.165, 1.54) is 19.2 Å². The summed E-state index contributed by atoms with van der Waals surface area (Å²) in [4.78, 5) is 16.0. The first-order valence-corrected chi connectivity index (χ1v) is 4.04. The molecule has 0 aromatic rings. The molecule has 1 aliphatic rings. The van der Waals surface area contributed by atoms with Crippen molar-refractivity contribution in [3.8, 4) is 0 Å². The lowest BCUT2D eigenvalue weighted by atomic mass is 10.4. The second-order valence-electron chi connectivity index (χ2n) is 2.74. The number of hydrogen-bond donors (Lipinski definition) is 1. The summed E-state index contributed by atoms with van der Waals surface area (Å²) in [5.41, 5.74) is 0. The van der Waals surface area contributed by atoms with E-state index < -0.39 is 6.09 Å². The van der Waals surface area contributed by atoms with Gasteiger partial charge in [-0.1, -0.05) is 5.17 Å². The first kappa shape index (κ1) is 10.6. The molecule has 1 atom stereocenters. The molecule has 0 aliphatic carbocycles. The molecule has 1 aliphatic heterocycles. The van der Waals surface area contributed by atoms with Gasteiger partial charge < -0.3 is 9.47 Å². The highest BCUT2D eigenvalue weighted by atomic mass is 16.8. The highest BCUT2D eigenvalue weighted by Gasteiger charge is 2.35. The predicted molar refractivity (Wildman–Crippen MR) is 46.2 cm³/mol. The minimum Gasteiger partial charge on any atom is -0.462 e. The first-order chi connectivity index (χ1) is 6.61. The van der Waals surface area contributed by atoms with Crippen LogP contribution in [-0.4, -0.2) is 49.2 Å². The van der Waals surface area contributed by atoms with Crippen molar-refractivity contribution in [3.05, 3.63) is 0 Å². The Morgan fingerprint density at radius 2 is 2.36 bits per heavy atom. The molecule has 1 fully saturated rings. The Morgan fingerprint density at radius 3 is 2.71 bits per heavy atom. The van der Waals surface area contributed by atoms with E-state index in [9.17, 15) is 4.79 Å². The fourth-order valence-corrected chi connectivity index (χ4v) is 1.13. The van der Waals surface area contributed by atoms with Crippen LogP contribution in [0.1, 0.15) is 6.92 Å². The number of methoxy groups -OCH3 is 1. The van der Waals surface area contributed by atoms with E-state index in [1.54, 1.807) is 6.92 Å². The molecule has 7 heteroatoms.